The van der Waals surface area contributed by atoms with E-state index in [9.17, 15) is 0 Å². The van der Waals surface area contributed by atoms with Gasteiger partial charge < -0.3 is 9.32 Å². The van der Waals surface area contributed by atoms with Gasteiger partial charge in [0.1, 0.15) is 11.2 Å². The molecule has 0 radical (unpaired) electrons. The summed E-state index contributed by atoms with van der Waals surface area (Å²) in [6.45, 7) is 4.71. The molecule has 0 atom stereocenters. The predicted molar refractivity (Wildman–Crippen MR) is 273 cm³/mol. The Balaban J connectivity index is 0.957. The topological polar surface area (TPSA) is 16.4 Å². The highest BCUT2D eigenvalue weighted by atomic mass is 32.1. The summed E-state index contributed by atoms with van der Waals surface area (Å²) in [5, 5.41) is 7.32. The van der Waals surface area contributed by atoms with E-state index in [-0.39, 0.29) is 5.41 Å². The van der Waals surface area contributed by atoms with Crippen LogP contribution < -0.4 is 4.90 Å². The minimum Gasteiger partial charge on any atom is -0.456 e. The number of rotatable bonds is 6. The van der Waals surface area contributed by atoms with Crippen molar-refractivity contribution in [2.24, 2.45) is 0 Å². The van der Waals surface area contributed by atoms with Crippen LogP contribution in [0.5, 0.6) is 0 Å². The fraction of sp³-hybridized carbons (Fsp3) is 0.0492. The molecule has 13 rings (SSSR count). The van der Waals surface area contributed by atoms with Gasteiger partial charge in [0.15, 0.2) is 0 Å². The molecule has 0 bridgehead atoms. The van der Waals surface area contributed by atoms with Gasteiger partial charge >= 0.3 is 0 Å². The van der Waals surface area contributed by atoms with Crippen LogP contribution in [0, 0.1) is 0 Å². The molecular formula is C61H41NOS. The first-order valence-corrected chi connectivity index (χ1v) is 22.9. The van der Waals surface area contributed by atoms with Gasteiger partial charge in [-0.3, -0.25) is 0 Å². The first-order chi connectivity index (χ1) is 31.4. The summed E-state index contributed by atoms with van der Waals surface area (Å²) in [5.41, 5.74) is 17.5. The van der Waals surface area contributed by atoms with Gasteiger partial charge in [0.25, 0.3) is 0 Å². The summed E-state index contributed by atoms with van der Waals surface area (Å²) in [5.74, 6) is 0. The molecule has 0 amide bonds. The molecule has 302 valence electrons. The third kappa shape index (κ3) is 5.85. The first-order valence-electron chi connectivity index (χ1n) is 22.1. The number of nitrogens with zero attached hydrogens (tertiary/aromatic N) is 1. The Morgan fingerprint density at radius 3 is 1.78 bits per heavy atom. The van der Waals surface area contributed by atoms with Crippen molar-refractivity contribution < 1.29 is 4.42 Å². The van der Waals surface area contributed by atoms with Crippen molar-refractivity contribution in [3.05, 3.63) is 223 Å². The maximum absolute atomic E-state index is 6.26. The average molecular weight is 836 g/mol. The van der Waals surface area contributed by atoms with Crippen molar-refractivity contribution >= 4 is 81.3 Å². The summed E-state index contributed by atoms with van der Waals surface area (Å²) in [7, 11) is 0. The van der Waals surface area contributed by atoms with Crippen LogP contribution in [0.1, 0.15) is 25.0 Å². The fourth-order valence-electron chi connectivity index (χ4n) is 10.3. The molecule has 12 aromatic rings. The van der Waals surface area contributed by atoms with Crippen LogP contribution in [0.4, 0.5) is 17.1 Å². The highest BCUT2D eigenvalue weighted by Crippen LogP contribution is 2.51. The molecule has 0 aliphatic heterocycles. The molecule has 2 aromatic heterocycles. The molecule has 1 aliphatic carbocycles. The van der Waals surface area contributed by atoms with E-state index >= 15 is 0 Å². The molecule has 0 unspecified atom stereocenters. The maximum atomic E-state index is 6.26. The molecule has 10 aromatic carbocycles. The Morgan fingerprint density at radius 1 is 0.359 bits per heavy atom. The Kier molecular flexibility index (Phi) is 8.16. The quantitative estimate of drug-likeness (QED) is 0.166. The van der Waals surface area contributed by atoms with Gasteiger partial charge in [-0.05, 0) is 157 Å². The van der Waals surface area contributed by atoms with Crippen LogP contribution in [0.3, 0.4) is 0 Å². The number of hydrogen-bond donors (Lipinski definition) is 0. The van der Waals surface area contributed by atoms with E-state index in [0.717, 1.165) is 50.1 Å². The molecule has 0 saturated carbocycles. The summed E-state index contributed by atoms with van der Waals surface area (Å²) in [6.07, 6.45) is 0. The summed E-state index contributed by atoms with van der Waals surface area (Å²) < 4.78 is 8.88. The smallest absolute Gasteiger partial charge is 0.135 e. The molecule has 3 heteroatoms. The molecule has 0 fully saturated rings. The molecule has 0 saturated heterocycles. The van der Waals surface area contributed by atoms with E-state index in [2.05, 4.69) is 219 Å². The normalized spacial score (nSPS) is 13.0. The average Bonchev–Trinajstić information content (AvgIpc) is 3.98. The summed E-state index contributed by atoms with van der Waals surface area (Å²) >= 11 is 1.86. The predicted octanol–water partition coefficient (Wildman–Crippen LogP) is 17.9. The maximum Gasteiger partial charge on any atom is 0.135 e. The zero-order valence-corrected chi connectivity index (χ0v) is 36.3. The highest BCUT2D eigenvalue weighted by Gasteiger charge is 2.35. The third-order valence-corrected chi connectivity index (χ3v) is 14.8. The second kappa shape index (κ2) is 14.2. The Labute approximate surface area is 375 Å². The number of furan rings is 1. The zero-order valence-electron chi connectivity index (χ0n) is 35.5. The van der Waals surface area contributed by atoms with Crippen molar-refractivity contribution in [3.63, 3.8) is 0 Å². The van der Waals surface area contributed by atoms with Gasteiger partial charge in [0.05, 0.1) is 0 Å². The lowest BCUT2D eigenvalue weighted by molar-refractivity contribution is 0.660. The third-order valence-electron chi connectivity index (χ3n) is 13.6. The van der Waals surface area contributed by atoms with E-state index < -0.39 is 0 Å². The van der Waals surface area contributed by atoms with E-state index in [0.29, 0.717) is 0 Å². The van der Waals surface area contributed by atoms with Gasteiger partial charge in [-0.25, -0.2) is 0 Å². The van der Waals surface area contributed by atoms with Crippen molar-refractivity contribution in [1.29, 1.82) is 0 Å². The van der Waals surface area contributed by atoms with E-state index in [1.807, 2.05) is 23.5 Å². The second-order valence-electron chi connectivity index (χ2n) is 17.7. The number of thiophene rings is 1. The second-order valence-corrected chi connectivity index (χ2v) is 18.8. The lowest BCUT2D eigenvalue weighted by Gasteiger charge is -2.28. The Morgan fingerprint density at radius 2 is 0.938 bits per heavy atom. The van der Waals surface area contributed by atoms with Gasteiger partial charge in [-0.15, -0.1) is 11.3 Å². The lowest BCUT2D eigenvalue weighted by atomic mass is 9.82. The van der Waals surface area contributed by atoms with Gasteiger partial charge in [-0.1, -0.05) is 135 Å². The first kappa shape index (κ1) is 36.9. The molecule has 2 heterocycles. The van der Waals surface area contributed by atoms with Crippen LogP contribution in [-0.2, 0) is 5.41 Å². The largest absolute Gasteiger partial charge is 0.456 e. The minimum absolute atomic E-state index is 0.111. The highest BCUT2D eigenvalue weighted by molar-refractivity contribution is 7.25. The van der Waals surface area contributed by atoms with E-state index in [1.54, 1.807) is 0 Å². The van der Waals surface area contributed by atoms with Crippen LogP contribution >= 0.6 is 11.3 Å². The number of fused-ring (bicyclic) bond motifs is 10. The minimum atomic E-state index is -0.111. The molecule has 0 spiro atoms. The molecule has 2 nitrogen and oxygen atoms in total. The van der Waals surface area contributed by atoms with Crippen LogP contribution in [0.2, 0.25) is 0 Å². The van der Waals surface area contributed by atoms with Gasteiger partial charge in [0.2, 0.25) is 0 Å². The zero-order chi connectivity index (χ0) is 42.5. The van der Waals surface area contributed by atoms with Crippen molar-refractivity contribution in [2.75, 3.05) is 4.90 Å². The number of benzene rings is 10. The Bertz CT molecular complexity index is 3700. The number of para-hydroxylation sites is 1. The fourth-order valence-corrected chi connectivity index (χ4v) is 11.4. The van der Waals surface area contributed by atoms with E-state index in [4.69, 9.17) is 4.42 Å². The van der Waals surface area contributed by atoms with Gasteiger partial charge in [-0.2, -0.15) is 0 Å². The summed E-state index contributed by atoms with van der Waals surface area (Å²) in [4.78, 5) is 2.42. The van der Waals surface area contributed by atoms with Crippen molar-refractivity contribution in [2.45, 2.75) is 19.3 Å². The molecule has 0 N–H and O–H groups in total. The lowest BCUT2D eigenvalue weighted by Crippen LogP contribution is -2.16. The molecule has 1 aliphatic rings. The van der Waals surface area contributed by atoms with Gasteiger partial charge in [0, 0.05) is 53.4 Å². The standard InChI is InChI=1S/C61H41NOS/c1-61(2)55-16-8-5-13-49(55)50-28-27-48(37-56(50)61)62(47-26-21-38-11-3-4-12-40(38)34-47)46-24-19-39(20-25-46)43-31-44(41-22-29-58-53(35-41)51-14-6-9-17-57(51)63-58)33-45(32-43)42-23-30-60-54(36-42)52-15-7-10-18-59(52)64-60/h3-37H,1-2H3. The molecular weight excluding hydrogens is 795 g/mol. The summed E-state index contributed by atoms with van der Waals surface area (Å²) in [6, 6.07) is 78.2. The van der Waals surface area contributed by atoms with Crippen molar-refractivity contribution in [1.82, 2.24) is 0 Å². The SMILES string of the molecule is CC1(C)c2ccccc2-c2ccc(N(c3ccc(-c4cc(-c5ccc6oc7ccccc7c6c5)cc(-c5ccc6sc7ccccc7c6c5)c4)cc3)c3ccc4ccccc4c3)cc21. The monoisotopic (exact) mass is 835 g/mol. The van der Waals surface area contributed by atoms with Crippen LogP contribution in [0.15, 0.2) is 217 Å². The number of anilines is 3. The molecule has 64 heavy (non-hydrogen) atoms. The van der Waals surface area contributed by atoms with Crippen LogP contribution in [-0.4, -0.2) is 0 Å². The van der Waals surface area contributed by atoms with Crippen molar-refractivity contribution in [3.8, 4) is 44.5 Å². The van der Waals surface area contributed by atoms with E-state index in [1.165, 1.54) is 75.5 Å². The number of hydrogen-bond acceptors (Lipinski definition) is 3. The van der Waals surface area contributed by atoms with Crippen LogP contribution in [0.25, 0.3) is 97.4 Å². The Hall–Kier alpha value is -7.72.